The summed E-state index contributed by atoms with van der Waals surface area (Å²) < 4.78 is 21.2. The van der Waals surface area contributed by atoms with Crippen molar-refractivity contribution in [2.75, 3.05) is 19.2 Å². The Bertz CT molecular complexity index is 972. The van der Waals surface area contributed by atoms with E-state index in [9.17, 15) is 14.7 Å². The Balaban J connectivity index is 1.68. The number of methoxy groups -OCH3 is 1. The molecule has 0 aromatic heterocycles. The van der Waals surface area contributed by atoms with Crippen LogP contribution < -0.4 is 19.5 Å². The molecule has 3 rings (SSSR count). The molecule has 1 amide bonds. The Kier molecular flexibility index (Phi) is 7.21. The fourth-order valence-electron chi connectivity index (χ4n) is 3.06. The number of hydrogen-bond acceptors (Lipinski definition) is 7. The molecule has 0 saturated carbocycles. The molecule has 0 saturated heterocycles. The van der Waals surface area contributed by atoms with E-state index in [1.807, 2.05) is 0 Å². The molecule has 164 valence electrons. The quantitative estimate of drug-likeness (QED) is 0.400. The first-order valence-electron chi connectivity index (χ1n) is 9.60. The van der Waals surface area contributed by atoms with Crippen LogP contribution >= 0.6 is 0 Å². The van der Waals surface area contributed by atoms with Crippen LogP contribution in [0.25, 0.3) is 0 Å². The molecule has 0 aliphatic carbocycles. The van der Waals surface area contributed by atoms with E-state index in [2.05, 4.69) is 5.32 Å². The molecule has 0 spiro atoms. The highest BCUT2D eigenvalue weighted by atomic mass is 16.7. The van der Waals surface area contributed by atoms with Crippen molar-refractivity contribution in [3.8, 4) is 23.0 Å². The molecule has 1 aliphatic rings. The summed E-state index contributed by atoms with van der Waals surface area (Å²) >= 11 is 0. The summed E-state index contributed by atoms with van der Waals surface area (Å²) in [5, 5.41) is 21.4. The van der Waals surface area contributed by atoms with Crippen LogP contribution in [0.15, 0.2) is 48.6 Å². The number of carbonyl (C=O) groups is 2. The number of aliphatic carboxylic acids is 1. The lowest BCUT2D eigenvalue weighted by molar-refractivity contribution is -0.131. The molecule has 2 aromatic rings. The molecule has 9 heteroatoms. The first-order valence-corrected chi connectivity index (χ1v) is 9.60. The number of hydrogen-bond donors (Lipinski definition) is 3. The van der Waals surface area contributed by atoms with Gasteiger partial charge in [0.25, 0.3) is 0 Å². The minimum Gasteiger partial charge on any atom is -0.504 e. The average molecular weight is 429 g/mol. The van der Waals surface area contributed by atoms with Gasteiger partial charge in [-0.2, -0.15) is 0 Å². The second-order valence-corrected chi connectivity index (χ2v) is 6.69. The minimum absolute atomic E-state index is 0.0736. The van der Waals surface area contributed by atoms with E-state index in [0.717, 1.165) is 6.08 Å². The lowest BCUT2D eigenvalue weighted by Crippen LogP contribution is -2.17. The van der Waals surface area contributed by atoms with Crippen LogP contribution in [-0.2, 0) is 9.53 Å². The maximum atomic E-state index is 12.5. The van der Waals surface area contributed by atoms with Crippen LogP contribution in [-0.4, -0.2) is 36.2 Å². The van der Waals surface area contributed by atoms with Gasteiger partial charge in [0, 0.05) is 17.8 Å². The van der Waals surface area contributed by atoms with Gasteiger partial charge in [-0.3, -0.25) is 5.32 Å². The monoisotopic (exact) mass is 429 g/mol. The third kappa shape index (κ3) is 6.05. The number of nitrogens with one attached hydrogen (secondary N) is 1. The lowest BCUT2D eigenvalue weighted by Gasteiger charge is -2.19. The van der Waals surface area contributed by atoms with E-state index >= 15 is 0 Å². The van der Waals surface area contributed by atoms with Gasteiger partial charge in [0.15, 0.2) is 23.0 Å². The first-order chi connectivity index (χ1) is 15.0. The molecule has 0 fully saturated rings. The van der Waals surface area contributed by atoms with Crippen LogP contribution in [0, 0.1) is 0 Å². The van der Waals surface area contributed by atoms with Crippen LogP contribution in [0.1, 0.15) is 30.9 Å². The standard InChI is InChI=1S/C22H23NO8/c1-28-18-9-7-14(11-16(18)24)17(5-3-2-4-6-21(25)26)31-22(27)23-15-8-10-19-20(12-15)30-13-29-19/h4,6-12,17,24H,2-3,5,13H2,1H3,(H,23,27)(H,25,26)/b6-4+/t17-/m0/s1. The fraction of sp³-hybridized carbons (Fsp3) is 0.273. The van der Waals surface area contributed by atoms with E-state index in [1.54, 1.807) is 30.3 Å². The van der Waals surface area contributed by atoms with Gasteiger partial charge in [0.1, 0.15) is 6.10 Å². The highest BCUT2D eigenvalue weighted by molar-refractivity contribution is 5.85. The zero-order valence-electron chi connectivity index (χ0n) is 16.9. The molecule has 3 N–H and O–H groups in total. The number of rotatable bonds is 9. The van der Waals surface area contributed by atoms with Crippen molar-refractivity contribution in [3.63, 3.8) is 0 Å². The van der Waals surface area contributed by atoms with E-state index < -0.39 is 18.2 Å². The summed E-state index contributed by atoms with van der Waals surface area (Å²) in [4.78, 5) is 23.1. The van der Waals surface area contributed by atoms with E-state index in [-0.39, 0.29) is 12.5 Å². The Labute approximate surface area is 178 Å². The van der Waals surface area contributed by atoms with Crippen molar-refractivity contribution >= 4 is 17.7 Å². The molecule has 9 nitrogen and oxygen atoms in total. The minimum atomic E-state index is -1.02. The highest BCUT2D eigenvalue weighted by Crippen LogP contribution is 2.35. The summed E-state index contributed by atoms with van der Waals surface area (Å²) in [5.41, 5.74) is 1.07. The number of ether oxygens (including phenoxy) is 4. The Morgan fingerprint density at radius 2 is 2.00 bits per heavy atom. The number of phenols is 1. The average Bonchev–Trinajstić information content (AvgIpc) is 3.20. The van der Waals surface area contributed by atoms with E-state index in [0.29, 0.717) is 47.8 Å². The van der Waals surface area contributed by atoms with E-state index in [4.69, 9.17) is 24.1 Å². The number of carboxylic acids is 1. The van der Waals surface area contributed by atoms with Crippen molar-refractivity contribution < 1.29 is 38.7 Å². The first kappa shape index (κ1) is 21.8. The summed E-state index contributed by atoms with van der Waals surface area (Å²) in [5.74, 6) is 0.336. The van der Waals surface area contributed by atoms with Crippen LogP contribution in [0.2, 0.25) is 0 Å². The van der Waals surface area contributed by atoms with Gasteiger partial charge in [-0.1, -0.05) is 12.1 Å². The molecule has 2 aromatic carbocycles. The number of carboxylic acid groups (broad SMARTS) is 1. The van der Waals surface area contributed by atoms with Gasteiger partial charge >= 0.3 is 12.1 Å². The van der Waals surface area contributed by atoms with Gasteiger partial charge in [0.05, 0.1) is 7.11 Å². The molecule has 0 bridgehead atoms. The maximum Gasteiger partial charge on any atom is 0.412 e. The topological polar surface area (TPSA) is 124 Å². The number of aromatic hydroxyl groups is 1. The Hall–Kier alpha value is -3.88. The third-order valence-corrected chi connectivity index (χ3v) is 4.54. The molecule has 0 unspecified atom stereocenters. The van der Waals surface area contributed by atoms with Gasteiger partial charge in [0.2, 0.25) is 6.79 Å². The fourth-order valence-corrected chi connectivity index (χ4v) is 3.06. The normalized spacial score (nSPS) is 13.1. The maximum absolute atomic E-state index is 12.5. The van der Waals surface area contributed by atoms with Crippen molar-refractivity contribution in [3.05, 3.63) is 54.1 Å². The number of benzene rings is 2. The van der Waals surface area contributed by atoms with Crippen LogP contribution in [0.3, 0.4) is 0 Å². The largest absolute Gasteiger partial charge is 0.504 e. The molecule has 1 heterocycles. The Morgan fingerprint density at radius 3 is 2.74 bits per heavy atom. The number of fused-ring (bicyclic) bond motifs is 1. The zero-order chi connectivity index (χ0) is 22.2. The second kappa shape index (κ2) is 10.2. The molecular formula is C22H23NO8. The number of phenolic OH excluding ortho intramolecular Hbond substituents is 1. The summed E-state index contributed by atoms with van der Waals surface area (Å²) in [7, 11) is 1.44. The lowest BCUT2D eigenvalue weighted by atomic mass is 10.0. The van der Waals surface area contributed by atoms with Crippen molar-refractivity contribution in [2.45, 2.75) is 25.4 Å². The molecular weight excluding hydrogens is 406 g/mol. The second-order valence-electron chi connectivity index (χ2n) is 6.69. The van der Waals surface area contributed by atoms with Crippen molar-refractivity contribution in [1.29, 1.82) is 0 Å². The van der Waals surface area contributed by atoms with Gasteiger partial charge in [-0.15, -0.1) is 0 Å². The van der Waals surface area contributed by atoms with Crippen LogP contribution in [0.4, 0.5) is 10.5 Å². The number of amides is 1. The number of anilines is 1. The number of carbonyl (C=O) groups excluding carboxylic acids is 1. The SMILES string of the molecule is COc1ccc([C@H](CCC/C=C/C(=O)O)OC(=O)Nc2ccc3c(c2)OCO3)cc1O. The zero-order valence-corrected chi connectivity index (χ0v) is 16.9. The van der Waals surface area contributed by atoms with Gasteiger partial charge in [-0.05, 0) is 49.1 Å². The molecule has 31 heavy (non-hydrogen) atoms. The van der Waals surface area contributed by atoms with Gasteiger partial charge < -0.3 is 29.2 Å². The predicted octanol–water partition coefficient (Wildman–Crippen LogP) is 4.23. The predicted molar refractivity (Wildman–Crippen MR) is 111 cm³/mol. The van der Waals surface area contributed by atoms with Gasteiger partial charge in [-0.25, -0.2) is 9.59 Å². The third-order valence-electron chi connectivity index (χ3n) is 4.54. The molecule has 1 aliphatic heterocycles. The van der Waals surface area contributed by atoms with E-state index in [1.165, 1.54) is 19.3 Å². The summed E-state index contributed by atoms with van der Waals surface area (Å²) in [6, 6.07) is 9.75. The van der Waals surface area contributed by atoms with Crippen molar-refractivity contribution in [2.24, 2.45) is 0 Å². The number of unbranched alkanes of at least 4 members (excludes halogenated alkanes) is 1. The van der Waals surface area contributed by atoms with Crippen molar-refractivity contribution in [1.82, 2.24) is 0 Å². The number of allylic oxidation sites excluding steroid dienone is 1. The summed E-state index contributed by atoms with van der Waals surface area (Å²) in [6.07, 6.45) is 2.75. The summed E-state index contributed by atoms with van der Waals surface area (Å²) in [6.45, 7) is 0.128. The smallest absolute Gasteiger partial charge is 0.412 e. The highest BCUT2D eigenvalue weighted by Gasteiger charge is 2.20. The Morgan fingerprint density at radius 1 is 1.19 bits per heavy atom. The molecule has 1 atom stereocenters. The van der Waals surface area contributed by atoms with Crippen LogP contribution in [0.5, 0.6) is 23.0 Å². The molecule has 0 radical (unpaired) electrons.